The molecule has 134 valence electrons. The van der Waals surface area contributed by atoms with Gasteiger partial charge in [0.1, 0.15) is 0 Å². The first kappa shape index (κ1) is 17.5. The SMILES string of the molecule is CN1CCCCC1CCC(=O)N1CCN(CCn2cccc2)CC1. The molecule has 0 bridgehead atoms. The Morgan fingerprint density at radius 1 is 1.00 bits per heavy atom. The lowest BCUT2D eigenvalue weighted by atomic mass is 9.98. The van der Waals surface area contributed by atoms with E-state index >= 15 is 0 Å². The largest absolute Gasteiger partial charge is 0.353 e. The van der Waals surface area contributed by atoms with Crippen molar-refractivity contribution in [1.82, 2.24) is 19.3 Å². The van der Waals surface area contributed by atoms with E-state index in [0.29, 0.717) is 11.9 Å². The Morgan fingerprint density at radius 3 is 2.46 bits per heavy atom. The monoisotopic (exact) mass is 332 g/mol. The second-order valence-corrected chi connectivity index (χ2v) is 7.31. The molecule has 3 rings (SSSR count). The van der Waals surface area contributed by atoms with Crippen molar-refractivity contribution in [3.05, 3.63) is 24.5 Å². The van der Waals surface area contributed by atoms with Gasteiger partial charge in [-0.15, -0.1) is 0 Å². The van der Waals surface area contributed by atoms with E-state index < -0.39 is 0 Å². The zero-order valence-electron chi connectivity index (χ0n) is 15.1. The van der Waals surface area contributed by atoms with Gasteiger partial charge < -0.3 is 14.4 Å². The number of amides is 1. The molecule has 5 nitrogen and oxygen atoms in total. The number of carbonyl (C=O) groups is 1. The Morgan fingerprint density at radius 2 is 1.75 bits per heavy atom. The molecular weight excluding hydrogens is 300 g/mol. The summed E-state index contributed by atoms with van der Waals surface area (Å²) in [4.78, 5) is 19.5. The van der Waals surface area contributed by atoms with E-state index in [4.69, 9.17) is 0 Å². The molecule has 2 saturated heterocycles. The highest BCUT2D eigenvalue weighted by molar-refractivity contribution is 5.76. The van der Waals surface area contributed by atoms with Crippen LogP contribution in [0.15, 0.2) is 24.5 Å². The molecular formula is C19H32N4O. The first-order valence-electron chi connectivity index (χ1n) is 9.53. The van der Waals surface area contributed by atoms with Gasteiger partial charge in [0.05, 0.1) is 0 Å². The fourth-order valence-corrected chi connectivity index (χ4v) is 3.95. The summed E-state index contributed by atoms with van der Waals surface area (Å²) >= 11 is 0. The van der Waals surface area contributed by atoms with Crippen molar-refractivity contribution < 1.29 is 4.79 Å². The molecule has 1 atom stereocenters. The number of piperidine rings is 1. The number of aromatic nitrogens is 1. The molecule has 2 aliphatic heterocycles. The predicted octanol–water partition coefficient (Wildman–Crippen LogP) is 1.90. The second-order valence-electron chi connectivity index (χ2n) is 7.31. The van der Waals surface area contributed by atoms with E-state index in [9.17, 15) is 4.79 Å². The Kier molecular flexibility index (Phi) is 6.32. The van der Waals surface area contributed by atoms with Crippen LogP contribution in [0.1, 0.15) is 32.1 Å². The molecule has 0 aromatic carbocycles. The van der Waals surface area contributed by atoms with Gasteiger partial charge in [-0.1, -0.05) is 6.42 Å². The third-order valence-electron chi connectivity index (χ3n) is 5.68. The summed E-state index contributed by atoms with van der Waals surface area (Å²) in [6.07, 6.45) is 9.87. The van der Waals surface area contributed by atoms with E-state index in [-0.39, 0.29) is 0 Å². The lowest BCUT2D eigenvalue weighted by Gasteiger charge is -2.36. The van der Waals surface area contributed by atoms with Crippen molar-refractivity contribution in [2.45, 2.75) is 44.7 Å². The number of nitrogens with zero attached hydrogens (tertiary/aromatic N) is 4. The Balaban J connectivity index is 1.34. The molecule has 1 amide bonds. The van der Waals surface area contributed by atoms with Gasteiger partial charge in [0, 0.05) is 64.1 Å². The second kappa shape index (κ2) is 8.67. The first-order chi connectivity index (χ1) is 11.7. The summed E-state index contributed by atoms with van der Waals surface area (Å²) in [5.74, 6) is 0.360. The maximum absolute atomic E-state index is 12.5. The molecule has 0 saturated carbocycles. The minimum absolute atomic E-state index is 0.360. The predicted molar refractivity (Wildman–Crippen MR) is 97.0 cm³/mol. The number of piperazine rings is 1. The highest BCUT2D eigenvalue weighted by Crippen LogP contribution is 2.19. The molecule has 0 spiro atoms. The van der Waals surface area contributed by atoms with Gasteiger partial charge in [0.2, 0.25) is 5.91 Å². The molecule has 1 unspecified atom stereocenters. The van der Waals surface area contributed by atoms with Crippen LogP contribution < -0.4 is 0 Å². The van der Waals surface area contributed by atoms with Crippen LogP contribution in [-0.4, -0.2) is 77.5 Å². The van der Waals surface area contributed by atoms with Crippen molar-refractivity contribution in [1.29, 1.82) is 0 Å². The van der Waals surface area contributed by atoms with E-state index in [1.807, 2.05) is 0 Å². The van der Waals surface area contributed by atoms with E-state index in [0.717, 1.165) is 52.1 Å². The minimum Gasteiger partial charge on any atom is -0.353 e. The first-order valence-corrected chi connectivity index (χ1v) is 9.53. The molecule has 2 aliphatic rings. The van der Waals surface area contributed by atoms with E-state index in [1.165, 1.54) is 25.8 Å². The lowest BCUT2D eigenvalue weighted by Crippen LogP contribution is -2.49. The summed E-state index contributed by atoms with van der Waals surface area (Å²) < 4.78 is 2.22. The number of hydrogen-bond donors (Lipinski definition) is 0. The smallest absolute Gasteiger partial charge is 0.222 e. The number of carbonyl (C=O) groups excluding carboxylic acids is 1. The van der Waals surface area contributed by atoms with Crippen LogP contribution in [0.4, 0.5) is 0 Å². The Labute approximate surface area is 146 Å². The van der Waals surface area contributed by atoms with Gasteiger partial charge in [0.25, 0.3) is 0 Å². The topological polar surface area (TPSA) is 31.7 Å². The maximum atomic E-state index is 12.5. The lowest BCUT2D eigenvalue weighted by molar-refractivity contribution is -0.133. The molecule has 1 aromatic rings. The van der Waals surface area contributed by atoms with Crippen molar-refractivity contribution in [2.24, 2.45) is 0 Å². The van der Waals surface area contributed by atoms with E-state index in [2.05, 4.69) is 50.8 Å². The maximum Gasteiger partial charge on any atom is 0.222 e. The van der Waals surface area contributed by atoms with Gasteiger partial charge in [-0.25, -0.2) is 0 Å². The highest BCUT2D eigenvalue weighted by Gasteiger charge is 2.23. The third-order valence-corrected chi connectivity index (χ3v) is 5.68. The van der Waals surface area contributed by atoms with Crippen LogP contribution in [-0.2, 0) is 11.3 Å². The van der Waals surface area contributed by atoms with Crippen molar-refractivity contribution in [3.8, 4) is 0 Å². The third kappa shape index (κ3) is 4.84. The summed E-state index contributed by atoms with van der Waals surface area (Å²) in [7, 11) is 2.21. The van der Waals surface area contributed by atoms with Crippen LogP contribution in [0.2, 0.25) is 0 Å². The Bertz CT molecular complexity index is 493. The van der Waals surface area contributed by atoms with Crippen LogP contribution in [0.3, 0.4) is 0 Å². The summed E-state index contributed by atoms with van der Waals surface area (Å²) in [5, 5.41) is 0. The zero-order valence-corrected chi connectivity index (χ0v) is 15.1. The van der Waals surface area contributed by atoms with Crippen LogP contribution in [0, 0.1) is 0 Å². The van der Waals surface area contributed by atoms with Gasteiger partial charge in [0.15, 0.2) is 0 Å². The van der Waals surface area contributed by atoms with E-state index in [1.54, 1.807) is 0 Å². The molecule has 0 aliphatic carbocycles. The molecule has 1 aromatic heterocycles. The number of rotatable bonds is 6. The Hall–Kier alpha value is -1.33. The fraction of sp³-hybridized carbons (Fsp3) is 0.737. The van der Waals surface area contributed by atoms with Crippen molar-refractivity contribution in [3.63, 3.8) is 0 Å². The molecule has 5 heteroatoms. The van der Waals surface area contributed by atoms with Crippen LogP contribution in [0.25, 0.3) is 0 Å². The minimum atomic E-state index is 0.360. The molecule has 3 heterocycles. The summed E-state index contributed by atoms with van der Waals surface area (Å²) in [6.45, 7) is 7.11. The molecule has 24 heavy (non-hydrogen) atoms. The van der Waals surface area contributed by atoms with Crippen molar-refractivity contribution in [2.75, 3.05) is 46.3 Å². The standard InChI is InChI=1S/C19H32N4O/c1-20-9-3-2-6-18(20)7-8-19(24)23-16-14-22(15-17-23)13-12-21-10-4-5-11-21/h4-5,10-11,18H,2-3,6-9,12-17H2,1H3. The van der Waals surface area contributed by atoms with Gasteiger partial charge >= 0.3 is 0 Å². The molecule has 0 N–H and O–H groups in total. The quantitative estimate of drug-likeness (QED) is 0.797. The molecule has 2 fully saturated rings. The summed E-state index contributed by atoms with van der Waals surface area (Å²) in [5.41, 5.74) is 0. The average Bonchev–Trinajstić information content (AvgIpc) is 3.13. The van der Waals surface area contributed by atoms with Crippen molar-refractivity contribution >= 4 is 5.91 Å². The molecule has 0 radical (unpaired) electrons. The van der Waals surface area contributed by atoms with Crippen LogP contribution >= 0.6 is 0 Å². The fourth-order valence-electron chi connectivity index (χ4n) is 3.95. The number of likely N-dealkylation sites (tertiary alicyclic amines) is 1. The number of hydrogen-bond acceptors (Lipinski definition) is 3. The zero-order chi connectivity index (χ0) is 16.8. The van der Waals surface area contributed by atoms with Gasteiger partial charge in [-0.3, -0.25) is 9.69 Å². The van der Waals surface area contributed by atoms with Gasteiger partial charge in [-0.2, -0.15) is 0 Å². The average molecular weight is 332 g/mol. The normalized spacial score (nSPS) is 23.5. The summed E-state index contributed by atoms with van der Waals surface area (Å²) in [6, 6.07) is 4.76. The van der Waals surface area contributed by atoms with Crippen LogP contribution in [0.5, 0.6) is 0 Å². The van der Waals surface area contributed by atoms with Gasteiger partial charge in [-0.05, 0) is 45.0 Å². The highest BCUT2D eigenvalue weighted by atomic mass is 16.2.